The second-order valence-corrected chi connectivity index (χ2v) is 7.08. The first-order chi connectivity index (χ1) is 13.2. The maximum atomic E-state index is 12.2. The molecule has 2 aromatic carbocycles. The number of hydrogen-bond acceptors (Lipinski definition) is 6. The highest BCUT2D eigenvalue weighted by molar-refractivity contribution is 7.18. The molecule has 0 saturated heterocycles. The van der Waals surface area contributed by atoms with Gasteiger partial charge in [-0.15, -0.1) is 11.3 Å². The summed E-state index contributed by atoms with van der Waals surface area (Å²) in [5.41, 5.74) is 2.21. The van der Waals surface area contributed by atoms with Crippen LogP contribution < -0.4 is 5.32 Å². The van der Waals surface area contributed by atoms with Gasteiger partial charge in [-0.3, -0.25) is 4.79 Å². The van der Waals surface area contributed by atoms with Crippen molar-refractivity contribution < 1.29 is 9.90 Å². The van der Waals surface area contributed by atoms with Gasteiger partial charge in [0.25, 0.3) is 0 Å². The third kappa shape index (κ3) is 4.09. The van der Waals surface area contributed by atoms with E-state index in [2.05, 4.69) is 20.3 Å². The molecule has 0 radical (unpaired) electrons. The van der Waals surface area contributed by atoms with Gasteiger partial charge in [-0.05, 0) is 24.3 Å². The maximum Gasteiger partial charge on any atom is 0.224 e. The number of nitrogens with one attached hydrogen (secondary N) is 1. The van der Waals surface area contributed by atoms with Crippen molar-refractivity contribution in [2.24, 2.45) is 0 Å². The van der Waals surface area contributed by atoms with Crippen LogP contribution in [0.15, 0.2) is 60.9 Å². The van der Waals surface area contributed by atoms with E-state index in [1.807, 2.05) is 30.3 Å². The minimum absolute atomic E-state index is 0.108. The Balaban J connectivity index is 1.36. The molecule has 0 aliphatic rings. The number of carbonyl (C=O) groups is 1. The molecule has 0 atom stereocenters. The summed E-state index contributed by atoms with van der Waals surface area (Å²) < 4.78 is 1.13. The maximum absolute atomic E-state index is 12.2. The Labute approximate surface area is 159 Å². The molecule has 27 heavy (non-hydrogen) atoms. The molecule has 0 aliphatic carbocycles. The van der Waals surface area contributed by atoms with Gasteiger partial charge < -0.3 is 10.4 Å². The summed E-state index contributed by atoms with van der Waals surface area (Å²) in [5.74, 6) is 0.532. The van der Waals surface area contributed by atoms with Gasteiger partial charge in [-0.25, -0.2) is 15.0 Å². The summed E-state index contributed by atoms with van der Waals surface area (Å²) in [6, 6.07) is 14.7. The summed E-state index contributed by atoms with van der Waals surface area (Å²) in [7, 11) is 0. The average Bonchev–Trinajstić information content (AvgIpc) is 3.10. The van der Waals surface area contributed by atoms with E-state index in [0.29, 0.717) is 29.9 Å². The molecule has 0 bridgehead atoms. The van der Waals surface area contributed by atoms with E-state index in [-0.39, 0.29) is 11.7 Å². The van der Waals surface area contributed by atoms with Crippen molar-refractivity contribution in [3.05, 3.63) is 65.9 Å². The van der Waals surface area contributed by atoms with Gasteiger partial charge in [0.05, 0.1) is 33.3 Å². The molecule has 134 valence electrons. The Morgan fingerprint density at radius 2 is 1.89 bits per heavy atom. The Hall–Kier alpha value is -3.32. The van der Waals surface area contributed by atoms with E-state index >= 15 is 0 Å². The van der Waals surface area contributed by atoms with E-state index in [9.17, 15) is 9.90 Å². The molecular weight excluding hydrogens is 360 g/mol. The van der Waals surface area contributed by atoms with Crippen molar-refractivity contribution in [1.29, 1.82) is 0 Å². The molecular formula is C20H16N4O2S. The SMILES string of the molecule is O=C(CCc1nc2ccccc2s1)Nc1cnc(-c2cccc(O)c2)nc1. The molecule has 2 heterocycles. The molecule has 0 saturated carbocycles. The number of thiazole rings is 1. The van der Waals surface area contributed by atoms with E-state index < -0.39 is 0 Å². The Bertz CT molecular complexity index is 1060. The van der Waals surface area contributed by atoms with Crippen LogP contribution in [0.3, 0.4) is 0 Å². The standard InChI is InChI=1S/C20H16N4O2S/c25-15-5-3-4-13(10-15)20-21-11-14(12-22-20)23-18(26)8-9-19-24-16-6-1-2-7-17(16)27-19/h1-7,10-12,25H,8-9H2,(H,23,26). The van der Waals surface area contributed by atoms with Gasteiger partial charge in [0.1, 0.15) is 5.75 Å². The lowest BCUT2D eigenvalue weighted by molar-refractivity contribution is -0.116. The van der Waals surface area contributed by atoms with E-state index in [1.54, 1.807) is 41.9 Å². The van der Waals surface area contributed by atoms with E-state index in [4.69, 9.17) is 0 Å². The van der Waals surface area contributed by atoms with E-state index in [1.165, 1.54) is 0 Å². The first-order valence-corrected chi connectivity index (χ1v) is 9.25. The lowest BCUT2D eigenvalue weighted by Crippen LogP contribution is -2.12. The fourth-order valence-corrected chi connectivity index (χ4v) is 3.62. The van der Waals surface area contributed by atoms with Crippen LogP contribution in [-0.2, 0) is 11.2 Å². The van der Waals surface area contributed by atoms with Crippen molar-refractivity contribution >= 4 is 33.1 Å². The molecule has 1 amide bonds. The molecule has 4 rings (SSSR count). The minimum atomic E-state index is -0.108. The monoisotopic (exact) mass is 376 g/mol. The number of nitrogens with zero attached hydrogens (tertiary/aromatic N) is 3. The predicted molar refractivity (Wildman–Crippen MR) is 106 cm³/mol. The first kappa shape index (κ1) is 17.1. The van der Waals surface area contributed by atoms with Crippen molar-refractivity contribution in [1.82, 2.24) is 15.0 Å². The van der Waals surface area contributed by atoms with Gasteiger partial charge in [-0.1, -0.05) is 24.3 Å². The number of rotatable bonds is 5. The van der Waals surface area contributed by atoms with Gasteiger partial charge in [0, 0.05) is 18.4 Å². The zero-order valence-corrected chi connectivity index (χ0v) is 15.1. The average molecular weight is 376 g/mol. The molecule has 0 unspecified atom stereocenters. The molecule has 2 aromatic heterocycles. The molecule has 7 heteroatoms. The predicted octanol–water partition coefficient (Wildman–Crippen LogP) is 4.03. The molecule has 2 N–H and O–H groups in total. The second-order valence-electron chi connectivity index (χ2n) is 5.97. The Morgan fingerprint density at radius 3 is 2.67 bits per heavy atom. The number of amides is 1. The largest absolute Gasteiger partial charge is 0.508 e. The number of carbonyl (C=O) groups excluding carboxylic acids is 1. The van der Waals surface area contributed by atoms with Gasteiger partial charge in [-0.2, -0.15) is 0 Å². The third-order valence-corrected chi connectivity index (χ3v) is 5.04. The van der Waals surface area contributed by atoms with Crippen LogP contribution in [0, 0.1) is 0 Å². The lowest BCUT2D eigenvalue weighted by Gasteiger charge is -2.05. The zero-order valence-electron chi connectivity index (χ0n) is 14.3. The van der Waals surface area contributed by atoms with Gasteiger partial charge in [0.15, 0.2) is 5.82 Å². The number of hydrogen-bond donors (Lipinski definition) is 2. The van der Waals surface area contributed by atoms with Crippen LogP contribution in [0.1, 0.15) is 11.4 Å². The van der Waals surface area contributed by atoms with Crippen molar-refractivity contribution in [2.75, 3.05) is 5.32 Å². The highest BCUT2D eigenvalue weighted by Crippen LogP contribution is 2.23. The summed E-state index contributed by atoms with van der Waals surface area (Å²) in [6.45, 7) is 0. The number of benzene rings is 2. The smallest absolute Gasteiger partial charge is 0.224 e. The van der Waals surface area contributed by atoms with Gasteiger partial charge >= 0.3 is 0 Å². The van der Waals surface area contributed by atoms with Crippen molar-refractivity contribution in [3.63, 3.8) is 0 Å². The topological polar surface area (TPSA) is 88.0 Å². The van der Waals surface area contributed by atoms with Crippen LogP contribution in [0.5, 0.6) is 5.75 Å². The van der Waals surface area contributed by atoms with Crippen LogP contribution in [0.4, 0.5) is 5.69 Å². The number of anilines is 1. The fourth-order valence-electron chi connectivity index (χ4n) is 2.66. The number of aryl methyl sites for hydroxylation is 1. The first-order valence-electron chi connectivity index (χ1n) is 8.43. The van der Waals surface area contributed by atoms with Crippen molar-refractivity contribution in [2.45, 2.75) is 12.8 Å². The van der Waals surface area contributed by atoms with Crippen LogP contribution in [0.2, 0.25) is 0 Å². The molecule has 0 aliphatic heterocycles. The molecule has 6 nitrogen and oxygen atoms in total. The number of para-hydroxylation sites is 1. The summed E-state index contributed by atoms with van der Waals surface area (Å²) in [5, 5.41) is 13.3. The number of aromatic hydroxyl groups is 1. The number of phenolic OH excluding ortho intramolecular Hbond substituents is 1. The normalized spacial score (nSPS) is 10.8. The van der Waals surface area contributed by atoms with Crippen LogP contribution in [-0.4, -0.2) is 26.0 Å². The quantitative estimate of drug-likeness (QED) is 0.549. The summed E-state index contributed by atoms with van der Waals surface area (Å²) >= 11 is 1.61. The van der Waals surface area contributed by atoms with Crippen LogP contribution >= 0.6 is 11.3 Å². The highest BCUT2D eigenvalue weighted by Gasteiger charge is 2.08. The zero-order chi connectivity index (χ0) is 18.6. The lowest BCUT2D eigenvalue weighted by atomic mass is 10.2. The molecule has 4 aromatic rings. The second kappa shape index (κ2) is 7.51. The molecule has 0 spiro atoms. The van der Waals surface area contributed by atoms with Crippen LogP contribution in [0.25, 0.3) is 21.6 Å². The Kier molecular flexibility index (Phi) is 4.76. The van der Waals surface area contributed by atoms with E-state index in [0.717, 1.165) is 15.2 Å². The number of fused-ring (bicyclic) bond motifs is 1. The fraction of sp³-hybridized carbons (Fsp3) is 0.100. The Morgan fingerprint density at radius 1 is 1.07 bits per heavy atom. The van der Waals surface area contributed by atoms with Gasteiger partial charge in [0.2, 0.25) is 5.91 Å². The minimum Gasteiger partial charge on any atom is -0.508 e. The molecule has 0 fully saturated rings. The highest BCUT2D eigenvalue weighted by atomic mass is 32.1. The number of phenols is 1. The summed E-state index contributed by atoms with van der Waals surface area (Å²) in [4.78, 5) is 25.2. The summed E-state index contributed by atoms with van der Waals surface area (Å²) in [6.07, 6.45) is 4.05. The third-order valence-electron chi connectivity index (χ3n) is 3.94. The number of aromatic nitrogens is 3. The van der Waals surface area contributed by atoms with Crippen molar-refractivity contribution in [3.8, 4) is 17.1 Å².